The molecule has 166 valence electrons. The average Bonchev–Trinajstić information content (AvgIpc) is 3.10. The molecule has 3 aromatic rings. The quantitative estimate of drug-likeness (QED) is 0.568. The molecular formula is C26H21F2N3O2. The Bertz CT molecular complexity index is 1230. The Morgan fingerprint density at radius 3 is 1.91 bits per heavy atom. The molecule has 2 aliphatic heterocycles. The fourth-order valence-electron chi connectivity index (χ4n) is 4.37. The van der Waals surface area contributed by atoms with E-state index in [0.717, 1.165) is 10.6 Å². The van der Waals surface area contributed by atoms with Crippen molar-refractivity contribution in [2.24, 2.45) is 0 Å². The number of hydrogen-bond donors (Lipinski definition) is 0. The molecule has 0 N–H and O–H groups in total. The summed E-state index contributed by atoms with van der Waals surface area (Å²) in [5, 5.41) is 0. The van der Waals surface area contributed by atoms with Crippen LogP contribution < -0.4 is 9.80 Å². The van der Waals surface area contributed by atoms with E-state index < -0.39 is 23.4 Å². The predicted molar refractivity (Wildman–Crippen MR) is 122 cm³/mol. The van der Waals surface area contributed by atoms with Crippen LogP contribution in [0.1, 0.15) is 5.56 Å². The predicted octanol–water partition coefficient (Wildman–Crippen LogP) is 4.07. The van der Waals surface area contributed by atoms with Crippen LogP contribution >= 0.6 is 0 Å². The SMILES string of the molecule is O=C1C(c2ccc(F)cc2)=C(N2CCN(c3ccccc3)CC2)C(=O)N1c1ccccc1F. The number of nitrogens with zero attached hydrogens (tertiary/aromatic N) is 3. The highest BCUT2D eigenvalue weighted by molar-refractivity contribution is 6.45. The van der Waals surface area contributed by atoms with Crippen molar-refractivity contribution in [2.45, 2.75) is 0 Å². The molecule has 1 fully saturated rings. The normalized spacial score (nSPS) is 16.7. The minimum absolute atomic E-state index is 0.0926. The van der Waals surface area contributed by atoms with Crippen LogP contribution in [0.25, 0.3) is 5.57 Å². The largest absolute Gasteiger partial charge is 0.368 e. The number of rotatable bonds is 4. The summed E-state index contributed by atoms with van der Waals surface area (Å²) in [5.74, 6) is -2.29. The zero-order valence-electron chi connectivity index (χ0n) is 17.7. The maximum absolute atomic E-state index is 14.5. The average molecular weight is 445 g/mol. The summed E-state index contributed by atoms with van der Waals surface area (Å²) in [6, 6.07) is 21.1. The van der Waals surface area contributed by atoms with E-state index in [9.17, 15) is 18.4 Å². The molecule has 0 radical (unpaired) electrons. The van der Waals surface area contributed by atoms with Crippen molar-refractivity contribution in [3.8, 4) is 0 Å². The van der Waals surface area contributed by atoms with Crippen LogP contribution in [0.4, 0.5) is 20.2 Å². The number of hydrogen-bond acceptors (Lipinski definition) is 4. The standard InChI is InChI=1S/C26H21F2N3O2/c27-19-12-10-18(11-13-19)23-24(26(33)31(25(23)32)22-9-5-4-8-21(22)28)30-16-14-29(15-17-30)20-6-2-1-3-7-20/h1-13H,14-17H2. The summed E-state index contributed by atoms with van der Waals surface area (Å²) < 4.78 is 28.1. The van der Waals surface area contributed by atoms with Crippen molar-refractivity contribution in [2.75, 3.05) is 36.0 Å². The minimum Gasteiger partial charge on any atom is -0.368 e. The van der Waals surface area contributed by atoms with Gasteiger partial charge in [0.2, 0.25) is 0 Å². The lowest BCUT2D eigenvalue weighted by molar-refractivity contribution is -0.120. The first kappa shape index (κ1) is 20.9. The number of imide groups is 1. The van der Waals surface area contributed by atoms with Gasteiger partial charge in [-0.2, -0.15) is 0 Å². The molecule has 2 aliphatic rings. The smallest absolute Gasteiger partial charge is 0.282 e. The molecule has 5 rings (SSSR count). The van der Waals surface area contributed by atoms with E-state index >= 15 is 0 Å². The third-order valence-electron chi connectivity index (χ3n) is 6.00. The van der Waals surface area contributed by atoms with E-state index in [1.54, 1.807) is 6.07 Å². The van der Waals surface area contributed by atoms with Crippen LogP contribution in [0, 0.1) is 11.6 Å². The lowest BCUT2D eigenvalue weighted by Crippen LogP contribution is -2.47. The Morgan fingerprint density at radius 1 is 0.636 bits per heavy atom. The van der Waals surface area contributed by atoms with E-state index in [1.807, 2.05) is 35.2 Å². The number of halogens is 2. The maximum atomic E-state index is 14.5. The van der Waals surface area contributed by atoms with Crippen molar-refractivity contribution < 1.29 is 18.4 Å². The van der Waals surface area contributed by atoms with Gasteiger partial charge < -0.3 is 9.80 Å². The van der Waals surface area contributed by atoms with Crippen LogP contribution in [0.2, 0.25) is 0 Å². The van der Waals surface area contributed by atoms with E-state index in [2.05, 4.69) is 4.90 Å². The zero-order chi connectivity index (χ0) is 22.9. The van der Waals surface area contributed by atoms with Crippen molar-refractivity contribution >= 4 is 28.8 Å². The summed E-state index contributed by atoms with van der Waals surface area (Å²) >= 11 is 0. The second kappa shape index (κ2) is 8.50. The molecule has 7 heteroatoms. The zero-order valence-corrected chi connectivity index (χ0v) is 17.7. The van der Waals surface area contributed by atoms with Crippen molar-refractivity contribution in [1.82, 2.24) is 4.90 Å². The molecule has 0 spiro atoms. The number of anilines is 2. The lowest BCUT2D eigenvalue weighted by Gasteiger charge is -2.37. The monoisotopic (exact) mass is 445 g/mol. The number of carbonyl (C=O) groups is 2. The van der Waals surface area contributed by atoms with Crippen molar-refractivity contribution in [1.29, 1.82) is 0 Å². The second-order valence-electron chi connectivity index (χ2n) is 7.94. The van der Waals surface area contributed by atoms with Gasteiger partial charge in [-0.25, -0.2) is 13.7 Å². The van der Waals surface area contributed by atoms with E-state index in [0.29, 0.717) is 31.7 Å². The highest BCUT2D eigenvalue weighted by Gasteiger charge is 2.43. The first-order valence-corrected chi connectivity index (χ1v) is 10.7. The van der Waals surface area contributed by atoms with Crippen molar-refractivity contribution in [3.63, 3.8) is 0 Å². The second-order valence-corrected chi connectivity index (χ2v) is 7.94. The van der Waals surface area contributed by atoms with Crippen LogP contribution in [0.5, 0.6) is 0 Å². The summed E-state index contributed by atoms with van der Waals surface area (Å²) in [5.41, 5.74) is 1.81. The Hall–Kier alpha value is -4.00. The van der Waals surface area contributed by atoms with E-state index in [1.165, 1.54) is 42.5 Å². The molecule has 0 atom stereocenters. The Labute approximate surface area is 190 Å². The third-order valence-corrected chi connectivity index (χ3v) is 6.00. The number of carbonyl (C=O) groups excluding carboxylic acids is 2. The molecule has 33 heavy (non-hydrogen) atoms. The minimum atomic E-state index is -0.659. The van der Waals surface area contributed by atoms with Gasteiger partial charge in [-0.15, -0.1) is 0 Å². The van der Waals surface area contributed by atoms with Crippen molar-refractivity contribution in [3.05, 3.63) is 102 Å². The fraction of sp³-hybridized carbons (Fsp3) is 0.154. The molecule has 2 heterocycles. The first-order chi connectivity index (χ1) is 16.0. The summed E-state index contributed by atoms with van der Waals surface area (Å²) in [6.45, 7) is 2.34. The van der Waals surface area contributed by atoms with Gasteiger partial charge in [-0.3, -0.25) is 9.59 Å². The Morgan fingerprint density at radius 2 is 1.24 bits per heavy atom. The molecule has 3 aromatic carbocycles. The van der Waals surface area contributed by atoms with Gasteiger partial charge in [0.1, 0.15) is 17.3 Å². The Balaban J connectivity index is 1.52. The van der Waals surface area contributed by atoms with Crippen LogP contribution in [-0.2, 0) is 9.59 Å². The Kier molecular flexibility index (Phi) is 5.38. The topological polar surface area (TPSA) is 43.9 Å². The first-order valence-electron chi connectivity index (χ1n) is 10.7. The summed E-state index contributed by atoms with van der Waals surface area (Å²) in [4.78, 5) is 31.9. The van der Waals surface area contributed by atoms with Gasteiger partial charge in [-0.1, -0.05) is 42.5 Å². The molecule has 0 saturated carbocycles. The molecule has 2 amide bonds. The maximum Gasteiger partial charge on any atom is 0.282 e. The van der Waals surface area contributed by atoms with Crippen LogP contribution in [-0.4, -0.2) is 42.9 Å². The number of para-hydroxylation sites is 2. The molecule has 0 aliphatic carbocycles. The van der Waals surface area contributed by atoms with Crippen LogP contribution in [0.3, 0.4) is 0 Å². The summed E-state index contributed by atoms with van der Waals surface area (Å²) in [6.07, 6.45) is 0. The van der Waals surface area contributed by atoms with E-state index in [4.69, 9.17) is 0 Å². The molecule has 5 nitrogen and oxygen atoms in total. The highest BCUT2D eigenvalue weighted by atomic mass is 19.1. The molecule has 0 aromatic heterocycles. The summed E-state index contributed by atoms with van der Waals surface area (Å²) in [7, 11) is 0. The lowest BCUT2D eigenvalue weighted by atomic mass is 10.0. The number of piperazine rings is 1. The molecular weight excluding hydrogens is 424 g/mol. The third kappa shape index (κ3) is 3.75. The van der Waals surface area contributed by atoms with Gasteiger partial charge in [0.25, 0.3) is 11.8 Å². The van der Waals surface area contributed by atoms with Gasteiger partial charge in [0.05, 0.1) is 11.3 Å². The van der Waals surface area contributed by atoms with Gasteiger partial charge in [0, 0.05) is 31.9 Å². The molecule has 1 saturated heterocycles. The van der Waals surface area contributed by atoms with Gasteiger partial charge >= 0.3 is 0 Å². The van der Waals surface area contributed by atoms with Gasteiger partial charge in [0.15, 0.2) is 0 Å². The molecule has 0 unspecified atom stereocenters. The fourth-order valence-corrected chi connectivity index (χ4v) is 4.37. The molecule has 0 bridgehead atoms. The number of benzene rings is 3. The number of amides is 2. The van der Waals surface area contributed by atoms with Crippen LogP contribution in [0.15, 0.2) is 84.6 Å². The highest BCUT2D eigenvalue weighted by Crippen LogP contribution is 2.36. The van der Waals surface area contributed by atoms with E-state index in [-0.39, 0.29) is 17.0 Å². The van der Waals surface area contributed by atoms with Gasteiger partial charge in [-0.05, 0) is 42.0 Å².